The van der Waals surface area contributed by atoms with Crippen molar-refractivity contribution in [2.24, 2.45) is 0 Å². The lowest BCUT2D eigenvalue weighted by atomic mass is 10.1. The maximum atomic E-state index is 11.3. The van der Waals surface area contributed by atoms with Gasteiger partial charge in [0.1, 0.15) is 0 Å². The molecular formula is C16H26BrNO2Si. The Kier molecular flexibility index (Phi) is 6.62. The number of carbonyl (C=O) groups is 1. The minimum atomic E-state index is -1.66. The largest absolute Gasteiger partial charge is 0.416 e. The van der Waals surface area contributed by atoms with Crippen molar-refractivity contribution in [1.82, 2.24) is 0 Å². The monoisotopic (exact) mass is 371 g/mol. The van der Waals surface area contributed by atoms with E-state index < -0.39 is 8.32 Å². The van der Waals surface area contributed by atoms with Gasteiger partial charge in [0.05, 0.1) is 5.33 Å². The van der Waals surface area contributed by atoms with E-state index in [-0.39, 0.29) is 10.9 Å². The standard InChI is InChI=1S/C16H26BrNO2Si/c1-16(2,3)21(4,5)20-11-10-13-6-8-14(9-7-13)18-15(19)12-17/h6-9H,10-12H2,1-5H3,(H,18,19). The number of rotatable bonds is 6. The van der Waals surface area contributed by atoms with Gasteiger partial charge in [-0.15, -0.1) is 0 Å². The molecule has 21 heavy (non-hydrogen) atoms. The Morgan fingerprint density at radius 3 is 2.29 bits per heavy atom. The fourth-order valence-corrected chi connectivity index (χ4v) is 2.78. The number of anilines is 1. The van der Waals surface area contributed by atoms with E-state index >= 15 is 0 Å². The summed E-state index contributed by atoms with van der Waals surface area (Å²) < 4.78 is 6.17. The lowest BCUT2D eigenvalue weighted by Crippen LogP contribution is -2.41. The molecule has 0 fully saturated rings. The molecule has 0 aromatic heterocycles. The van der Waals surface area contributed by atoms with Crippen molar-refractivity contribution in [2.45, 2.75) is 45.3 Å². The highest BCUT2D eigenvalue weighted by atomic mass is 79.9. The first-order valence-corrected chi connectivity index (χ1v) is 11.3. The van der Waals surface area contributed by atoms with E-state index in [4.69, 9.17) is 4.43 Å². The van der Waals surface area contributed by atoms with Crippen molar-refractivity contribution in [1.29, 1.82) is 0 Å². The van der Waals surface area contributed by atoms with Crippen molar-refractivity contribution in [3.05, 3.63) is 29.8 Å². The second kappa shape index (κ2) is 7.56. The summed E-state index contributed by atoms with van der Waals surface area (Å²) in [5.74, 6) is -0.0380. The Balaban J connectivity index is 2.48. The van der Waals surface area contributed by atoms with Gasteiger partial charge in [-0.2, -0.15) is 0 Å². The first-order chi connectivity index (χ1) is 9.65. The molecule has 5 heteroatoms. The van der Waals surface area contributed by atoms with Gasteiger partial charge in [-0.1, -0.05) is 48.8 Å². The predicted octanol–water partition coefficient (Wildman–Crippen LogP) is 4.58. The van der Waals surface area contributed by atoms with E-state index in [1.165, 1.54) is 5.56 Å². The Labute approximate surface area is 137 Å². The molecule has 0 unspecified atom stereocenters. The van der Waals surface area contributed by atoms with Crippen molar-refractivity contribution >= 4 is 35.8 Å². The summed E-state index contributed by atoms with van der Waals surface area (Å²) in [6.07, 6.45) is 0.902. The zero-order valence-corrected chi connectivity index (χ0v) is 16.2. The molecule has 118 valence electrons. The molecule has 0 atom stereocenters. The van der Waals surface area contributed by atoms with E-state index in [0.29, 0.717) is 5.33 Å². The fraction of sp³-hybridized carbons (Fsp3) is 0.562. The number of amides is 1. The van der Waals surface area contributed by atoms with Gasteiger partial charge in [0.25, 0.3) is 0 Å². The van der Waals surface area contributed by atoms with E-state index in [1.54, 1.807) is 0 Å². The number of halogens is 1. The van der Waals surface area contributed by atoms with Crippen molar-refractivity contribution in [3.63, 3.8) is 0 Å². The van der Waals surface area contributed by atoms with Gasteiger partial charge in [0.15, 0.2) is 8.32 Å². The lowest BCUT2D eigenvalue weighted by Gasteiger charge is -2.36. The van der Waals surface area contributed by atoms with E-state index in [9.17, 15) is 4.79 Å². The Morgan fingerprint density at radius 2 is 1.81 bits per heavy atom. The SMILES string of the molecule is CC(C)(C)[Si](C)(C)OCCc1ccc(NC(=O)CBr)cc1. The zero-order chi connectivity index (χ0) is 16.1. The van der Waals surface area contributed by atoms with Crippen molar-refractivity contribution < 1.29 is 9.22 Å². The molecule has 0 heterocycles. The summed E-state index contributed by atoms with van der Waals surface area (Å²) in [6, 6.07) is 7.95. The number of benzene rings is 1. The maximum Gasteiger partial charge on any atom is 0.235 e. The van der Waals surface area contributed by atoms with Crippen LogP contribution in [0.15, 0.2) is 24.3 Å². The summed E-state index contributed by atoms with van der Waals surface area (Å²) in [5.41, 5.74) is 2.05. The molecular weight excluding hydrogens is 346 g/mol. The van der Waals surface area contributed by atoms with Gasteiger partial charge >= 0.3 is 0 Å². The van der Waals surface area contributed by atoms with Crippen LogP contribution >= 0.6 is 15.9 Å². The van der Waals surface area contributed by atoms with Gasteiger partial charge < -0.3 is 9.74 Å². The van der Waals surface area contributed by atoms with Gasteiger partial charge in [0, 0.05) is 12.3 Å². The maximum absolute atomic E-state index is 11.3. The number of alkyl halides is 1. The van der Waals surface area contributed by atoms with Crippen LogP contribution in [0.25, 0.3) is 0 Å². The van der Waals surface area contributed by atoms with Crippen LogP contribution < -0.4 is 5.32 Å². The topological polar surface area (TPSA) is 38.3 Å². The second-order valence-corrected chi connectivity index (χ2v) is 12.1. The molecule has 1 amide bonds. The van der Waals surface area contributed by atoms with E-state index in [1.807, 2.05) is 24.3 Å². The number of hydrogen-bond donors (Lipinski definition) is 1. The summed E-state index contributed by atoms with van der Waals surface area (Å²) >= 11 is 3.13. The molecule has 0 spiro atoms. The van der Waals surface area contributed by atoms with Crippen molar-refractivity contribution in [3.8, 4) is 0 Å². The van der Waals surface area contributed by atoms with Gasteiger partial charge in [0.2, 0.25) is 5.91 Å². The van der Waals surface area contributed by atoms with Crippen molar-refractivity contribution in [2.75, 3.05) is 17.3 Å². The first-order valence-electron chi connectivity index (χ1n) is 7.24. The van der Waals surface area contributed by atoms with Crippen LogP contribution in [0.1, 0.15) is 26.3 Å². The molecule has 0 bridgehead atoms. The Hall–Kier alpha value is -0.653. The Morgan fingerprint density at radius 1 is 1.24 bits per heavy atom. The third kappa shape index (κ3) is 5.92. The van der Waals surface area contributed by atoms with E-state index in [0.717, 1.165) is 18.7 Å². The van der Waals surface area contributed by atoms with Gasteiger partial charge in [-0.05, 0) is 42.2 Å². The Bertz CT molecular complexity index is 466. The lowest BCUT2D eigenvalue weighted by molar-refractivity contribution is -0.113. The zero-order valence-electron chi connectivity index (χ0n) is 13.6. The summed E-state index contributed by atoms with van der Waals surface area (Å²) in [6.45, 7) is 12.0. The first kappa shape index (κ1) is 18.4. The van der Waals surface area contributed by atoms with Crippen LogP contribution in [0.2, 0.25) is 18.1 Å². The van der Waals surface area contributed by atoms with Crippen LogP contribution in [0.3, 0.4) is 0 Å². The van der Waals surface area contributed by atoms with Gasteiger partial charge in [-0.3, -0.25) is 4.79 Å². The minimum absolute atomic E-state index is 0.0380. The number of carbonyl (C=O) groups excluding carboxylic acids is 1. The summed E-state index contributed by atoms with van der Waals surface area (Å²) in [4.78, 5) is 11.3. The molecule has 0 aliphatic carbocycles. The highest BCUT2D eigenvalue weighted by Crippen LogP contribution is 2.36. The average molecular weight is 372 g/mol. The molecule has 0 saturated carbocycles. The molecule has 3 nitrogen and oxygen atoms in total. The minimum Gasteiger partial charge on any atom is -0.416 e. The van der Waals surface area contributed by atoms with Crippen LogP contribution in [0.5, 0.6) is 0 Å². The highest BCUT2D eigenvalue weighted by Gasteiger charge is 2.36. The van der Waals surface area contributed by atoms with Crippen LogP contribution in [-0.2, 0) is 15.6 Å². The third-order valence-electron chi connectivity index (χ3n) is 4.02. The molecule has 1 aromatic rings. The van der Waals surface area contributed by atoms with Crippen LogP contribution in [0.4, 0.5) is 5.69 Å². The molecule has 0 aliphatic rings. The average Bonchev–Trinajstić information content (AvgIpc) is 2.39. The molecule has 1 N–H and O–H groups in total. The van der Waals surface area contributed by atoms with Gasteiger partial charge in [-0.25, -0.2) is 0 Å². The number of nitrogens with one attached hydrogen (secondary N) is 1. The smallest absolute Gasteiger partial charge is 0.235 e. The summed E-state index contributed by atoms with van der Waals surface area (Å²) in [5, 5.41) is 3.37. The molecule has 0 radical (unpaired) electrons. The molecule has 0 saturated heterocycles. The molecule has 1 rings (SSSR count). The quantitative estimate of drug-likeness (QED) is 0.586. The second-order valence-electron chi connectivity index (χ2n) is 6.74. The van der Waals surface area contributed by atoms with E-state index in [2.05, 4.69) is 55.1 Å². The molecule has 0 aliphatic heterocycles. The predicted molar refractivity (Wildman–Crippen MR) is 95.7 cm³/mol. The van der Waals surface area contributed by atoms with Crippen LogP contribution in [-0.4, -0.2) is 26.2 Å². The highest BCUT2D eigenvalue weighted by molar-refractivity contribution is 9.09. The summed E-state index contributed by atoms with van der Waals surface area (Å²) in [7, 11) is -1.66. The van der Waals surface area contributed by atoms with Crippen LogP contribution in [0, 0.1) is 0 Å². The molecule has 1 aromatic carbocycles. The third-order valence-corrected chi connectivity index (χ3v) is 9.07. The fourth-order valence-electron chi connectivity index (χ4n) is 1.59. The normalized spacial score (nSPS) is 12.3. The number of hydrogen-bond acceptors (Lipinski definition) is 2.